The summed E-state index contributed by atoms with van der Waals surface area (Å²) in [5.41, 5.74) is 3.90. The molecule has 5 heteroatoms. The van der Waals surface area contributed by atoms with Crippen LogP contribution in [-0.2, 0) is 23.3 Å². The predicted octanol–water partition coefficient (Wildman–Crippen LogP) is 4.77. The summed E-state index contributed by atoms with van der Waals surface area (Å²) < 4.78 is 6.44. The molecule has 27 heavy (non-hydrogen) atoms. The van der Waals surface area contributed by atoms with Gasteiger partial charge in [-0.05, 0) is 61.5 Å². The molecule has 3 rings (SSSR count). The van der Waals surface area contributed by atoms with Crippen LogP contribution >= 0.6 is 11.6 Å². The number of rotatable bonds is 5. The average Bonchev–Trinajstić information content (AvgIpc) is 2.88. The second-order valence-electron chi connectivity index (χ2n) is 8.56. The van der Waals surface area contributed by atoms with Gasteiger partial charge in [0.1, 0.15) is 0 Å². The van der Waals surface area contributed by atoms with Crippen LogP contribution in [0.5, 0.6) is 0 Å². The molecule has 1 aliphatic rings. The number of anilines is 1. The van der Waals surface area contributed by atoms with Crippen LogP contribution in [0.3, 0.4) is 0 Å². The van der Waals surface area contributed by atoms with Gasteiger partial charge in [-0.25, -0.2) is 0 Å². The van der Waals surface area contributed by atoms with Crippen molar-refractivity contribution < 1.29 is 4.74 Å². The Morgan fingerprint density at radius 1 is 1.15 bits per heavy atom. The van der Waals surface area contributed by atoms with Crippen molar-refractivity contribution in [3.8, 4) is 0 Å². The van der Waals surface area contributed by atoms with Crippen LogP contribution in [-0.4, -0.2) is 24.7 Å². The van der Waals surface area contributed by atoms with Gasteiger partial charge in [-0.3, -0.25) is 4.98 Å². The highest BCUT2D eigenvalue weighted by Gasteiger charge is 2.32. The zero-order valence-corrected chi connectivity index (χ0v) is 17.5. The summed E-state index contributed by atoms with van der Waals surface area (Å²) >= 11 is 6.64. The van der Waals surface area contributed by atoms with E-state index in [1.165, 1.54) is 11.1 Å². The van der Waals surface area contributed by atoms with Crippen molar-refractivity contribution in [3.05, 3.63) is 58.4 Å². The third kappa shape index (κ3) is 5.01. The molecule has 4 nitrogen and oxygen atoms in total. The molecular formula is C22H30ClN3O. The van der Waals surface area contributed by atoms with Gasteiger partial charge >= 0.3 is 0 Å². The molecule has 2 aromatic rings. The largest absolute Gasteiger partial charge is 0.353 e. The number of hydrogen-bond donors (Lipinski definition) is 2. The van der Waals surface area contributed by atoms with Crippen molar-refractivity contribution in [1.82, 2.24) is 10.3 Å². The zero-order chi connectivity index (χ0) is 19.5. The molecule has 0 aliphatic carbocycles. The van der Waals surface area contributed by atoms with Crippen molar-refractivity contribution in [1.29, 1.82) is 0 Å². The lowest BCUT2D eigenvalue weighted by atomic mass is 9.97. The summed E-state index contributed by atoms with van der Waals surface area (Å²) in [6.45, 7) is 11.1. The van der Waals surface area contributed by atoms with Gasteiger partial charge in [-0.2, -0.15) is 0 Å². The van der Waals surface area contributed by atoms with Crippen LogP contribution in [0.2, 0.25) is 5.02 Å². The number of aromatic nitrogens is 1. The van der Waals surface area contributed by atoms with Gasteiger partial charge in [0.2, 0.25) is 0 Å². The predicted molar refractivity (Wildman–Crippen MR) is 112 cm³/mol. The minimum absolute atomic E-state index is 0.0481. The Balaban J connectivity index is 2.00. The molecule has 0 spiro atoms. The van der Waals surface area contributed by atoms with Gasteiger partial charge in [0.15, 0.2) is 5.72 Å². The Morgan fingerprint density at radius 2 is 1.93 bits per heavy atom. The first-order chi connectivity index (χ1) is 12.8. The Hall–Kier alpha value is -1.62. The lowest BCUT2D eigenvalue weighted by Crippen LogP contribution is -2.38. The summed E-state index contributed by atoms with van der Waals surface area (Å²) in [5.74, 6) is 0. The zero-order valence-electron chi connectivity index (χ0n) is 16.7. The minimum atomic E-state index is -0.722. The van der Waals surface area contributed by atoms with E-state index in [0.29, 0.717) is 6.61 Å². The molecule has 0 amide bonds. The molecule has 2 heterocycles. The van der Waals surface area contributed by atoms with E-state index in [9.17, 15) is 0 Å². The maximum atomic E-state index is 6.64. The fourth-order valence-electron chi connectivity index (χ4n) is 3.31. The Bertz CT molecular complexity index is 773. The first-order valence-electron chi connectivity index (χ1n) is 9.62. The molecule has 1 aromatic carbocycles. The van der Waals surface area contributed by atoms with E-state index in [0.717, 1.165) is 42.2 Å². The van der Waals surface area contributed by atoms with Gasteiger partial charge in [0.05, 0.1) is 17.3 Å². The summed E-state index contributed by atoms with van der Waals surface area (Å²) in [6.07, 6.45) is 5.59. The van der Waals surface area contributed by atoms with Crippen LogP contribution in [0.1, 0.15) is 44.4 Å². The number of ether oxygens (including phenoxy) is 1. The Kier molecular flexibility index (Phi) is 6.09. The first-order valence-corrected chi connectivity index (χ1v) is 10.00. The molecule has 0 radical (unpaired) electrons. The van der Waals surface area contributed by atoms with Gasteiger partial charge < -0.3 is 15.4 Å². The van der Waals surface area contributed by atoms with E-state index < -0.39 is 5.72 Å². The molecule has 0 saturated heterocycles. The number of halogens is 1. The van der Waals surface area contributed by atoms with E-state index in [-0.39, 0.29) is 5.41 Å². The highest BCUT2D eigenvalue weighted by atomic mass is 35.5. The first kappa shape index (κ1) is 20.1. The molecule has 1 aliphatic heterocycles. The van der Waals surface area contributed by atoms with Crippen LogP contribution in [0.4, 0.5) is 5.69 Å². The number of nitrogens with one attached hydrogen (secondary N) is 2. The molecule has 1 aromatic heterocycles. The summed E-state index contributed by atoms with van der Waals surface area (Å²) in [5, 5.41) is 7.84. The second kappa shape index (κ2) is 8.17. The normalized spacial score (nSPS) is 16.9. The average molecular weight is 388 g/mol. The number of hydrogen-bond acceptors (Lipinski definition) is 4. The summed E-state index contributed by atoms with van der Waals surface area (Å²) in [6, 6.07) is 8.11. The third-order valence-corrected chi connectivity index (χ3v) is 5.17. The van der Waals surface area contributed by atoms with Crippen molar-refractivity contribution in [2.24, 2.45) is 5.41 Å². The quantitative estimate of drug-likeness (QED) is 0.725. The molecule has 0 bridgehead atoms. The molecule has 146 valence electrons. The SMILES string of the molecule is CC(C)(C)COC(C)(Nc1c(Cl)ccc2c1CCNCC2)c1cccnc1. The highest BCUT2D eigenvalue weighted by Crippen LogP contribution is 2.37. The highest BCUT2D eigenvalue weighted by molar-refractivity contribution is 6.33. The lowest BCUT2D eigenvalue weighted by molar-refractivity contribution is -0.0484. The number of nitrogens with zero attached hydrogens (tertiary/aromatic N) is 1. The third-order valence-electron chi connectivity index (χ3n) is 4.85. The molecule has 2 N–H and O–H groups in total. The number of benzene rings is 1. The molecule has 0 saturated carbocycles. The van der Waals surface area contributed by atoms with Crippen LogP contribution in [0, 0.1) is 5.41 Å². The molecule has 1 unspecified atom stereocenters. The smallest absolute Gasteiger partial charge is 0.163 e. The van der Waals surface area contributed by atoms with Gasteiger partial charge in [0, 0.05) is 18.0 Å². The monoisotopic (exact) mass is 387 g/mol. The standard InChI is InChI=1S/C22H30ClN3O/c1-21(2,3)15-27-22(4,17-6-5-11-25-14-17)26-20-18-10-13-24-12-9-16(18)7-8-19(20)23/h5-8,11,14,24,26H,9-10,12-13,15H2,1-4H3. The van der Waals surface area contributed by atoms with Crippen LogP contribution in [0.15, 0.2) is 36.7 Å². The number of fused-ring (bicyclic) bond motifs is 1. The van der Waals surface area contributed by atoms with E-state index in [4.69, 9.17) is 16.3 Å². The van der Waals surface area contributed by atoms with E-state index in [2.05, 4.69) is 49.4 Å². The lowest BCUT2D eigenvalue weighted by Gasteiger charge is -2.36. The second-order valence-corrected chi connectivity index (χ2v) is 8.97. The Morgan fingerprint density at radius 3 is 2.63 bits per heavy atom. The van der Waals surface area contributed by atoms with Crippen molar-refractivity contribution in [3.63, 3.8) is 0 Å². The van der Waals surface area contributed by atoms with Gasteiger partial charge in [-0.1, -0.05) is 44.5 Å². The maximum Gasteiger partial charge on any atom is 0.163 e. The van der Waals surface area contributed by atoms with E-state index in [1.54, 1.807) is 6.20 Å². The number of pyridine rings is 1. The van der Waals surface area contributed by atoms with Gasteiger partial charge in [0.25, 0.3) is 0 Å². The topological polar surface area (TPSA) is 46.2 Å². The van der Waals surface area contributed by atoms with E-state index in [1.807, 2.05) is 24.4 Å². The van der Waals surface area contributed by atoms with Crippen LogP contribution < -0.4 is 10.6 Å². The fraction of sp³-hybridized carbons (Fsp3) is 0.500. The van der Waals surface area contributed by atoms with Crippen LogP contribution in [0.25, 0.3) is 0 Å². The van der Waals surface area contributed by atoms with Crippen molar-refractivity contribution in [2.45, 2.75) is 46.3 Å². The molecule has 0 fully saturated rings. The van der Waals surface area contributed by atoms with E-state index >= 15 is 0 Å². The Labute approximate surface area is 167 Å². The summed E-state index contributed by atoms with van der Waals surface area (Å²) in [7, 11) is 0. The van der Waals surface area contributed by atoms with Crippen molar-refractivity contribution >= 4 is 17.3 Å². The van der Waals surface area contributed by atoms with Gasteiger partial charge in [-0.15, -0.1) is 0 Å². The fourth-order valence-corrected chi connectivity index (χ4v) is 3.54. The van der Waals surface area contributed by atoms with Crippen molar-refractivity contribution in [2.75, 3.05) is 25.0 Å². The molecule has 1 atom stereocenters. The maximum absolute atomic E-state index is 6.64. The molecular weight excluding hydrogens is 358 g/mol. The summed E-state index contributed by atoms with van der Waals surface area (Å²) in [4.78, 5) is 4.30. The minimum Gasteiger partial charge on any atom is -0.353 e.